The van der Waals surface area contributed by atoms with E-state index in [9.17, 15) is 13.2 Å². The first-order valence-electron chi connectivity index (χ1n) is 11.1. The smallest absolute Gasteiger partial charge is 0.263 e. The van der Waals surface area contributed by atoms with Crippen molar-refractivity contribution in [3.63, 3.8) is 0 Å². The molecule has 9 heteroatoms. The molecule has 0 radical (unpaired) electrons. The molecule has 1 saturated heterocycles. The zero-order chi connectivity index (χ0) is 22.4. The van der Waals surface area contributed by atoms with E-state index < -0.39 is 10.0 Å². The molecule has 170 valence electrons. The van der Waals surface area contributed by atoms with Crippen LogP contribution in [0.15, 0.2) is 58.7 Å². The van der Waals surface area contributed by atoms with Gasteiger partial charge in [0.1, 0.15) is 5.84 Å². The second-order valence-corrected chi connectivity index (χ2v) is 9.81. The third-order valence-electron chi connectivity index (χ3n) is 5.84. The highest BCUT2D eigenvalue weighted by atomic mass is 32.2. The van der Waals surface area contributed by atoms with Crippen molar-refractivity contribution in [1.82, 2.24) is 19.5 Å². The number of nitrogens with one attached hydrogen (secondary N) is 1. The minimum Gasteiger partial charge on any atom is -0.340 e. The summed E-state index contributed by atoms with van der Waals surface area (Å²) in [6.07, 6.45) is 6.75. The number of pyridine rings is 1. The number of carbonyl (C=O) groups is 1. The van der Waals surface area contributed by atoms with E-state index in [4.69, 9.17) is 0 Å². The second-order valence-electron chi connectivity index (χ2n) is 8.16. The van der Waals surface area contributed by atoms with Gasteiger partial charge in [0.2, 0.25) is 5.91 Å². The molecule has 3 heterocycles. The lowest BCUT2D eigenvalue weighted by atomic mass is 10.1. The first kappa shape index (κ1) is 22.4. The van der Waals surface area contributed by atoms with Crippen molar-refractivity contribution in [3.05, 3.63) is 59.9 Å². The van der Waals surface area contributed by atoms with Crippen LogP contribution in [0.2, 0.25) is 0 Å². The van der Waals surface area contributed by atoms with E-state index in [0.29, 0.717) is 24.4 Å². The van der Waals surface area contributed by atoms with Crippen molar-refractivity contribution in [1.29, 1.82) is 0 Å². The summed E-state index contributed by atoms with van der Waals surface area (Å²) >= 11 is 0. The molecule has 32 heavy (non-hydrogen) atoms. The number of amides is 1. The fraction of sp³-hybridized carbons (Fsp3) is 0.435. The average Bonchev–Trinajstić information content (AvgIpc) is 3.07. The summed E-state index contributed by atoms with van der Waals surface area (Å²) in [5.41, 5.74) is 1.83. The molecule has 0 spiro atoms. The third kappa shape index (κ3) is 5.52. The topological polar surface area (TPSA) is 95.0 Å². The van der Waals surface area contributed by atoms with Crippen molar-refractivity contribution >= 4 is 21.8 Å². The van der Waals surface area contributed by atoms with Gasteiger partial charge in [0.25, 0.3) is 10.0 Å². The summed E-state index contributed by atoms with van der Waals surface area (Å²) in [5.74, 6) is 0.635. The number of unbranched alkanes of at least 4 members (excludes halogenated alkanes) is 2. The van der Waals surface area contributed by atoms with Crippen molar-refractivity contribution in [2.24, 2.45) is 4.99 Å². The Morgan fingerprint density at radius 2 is 1.84 bits per heavy atom. The van der Waals surface area contributed by atoms with Crippen molar-refractivity contribution in [2.75, 3.05) is 32.7 Å². The molecule has 1 amide bonds. The minimum atomic E-state index is -3.49. The van der Waals surface area contributed by atoms with Gasteiger partial charge in [-0.3, -0.25) is 24.4 Å². The van der Waals surface area contributed by atoms with E-state index in [1.165, 1.54) is 5.56 Å². The zero-order valence-corrected chi connectivity index (χ0v) is 18.9. The predicted octanol–water partition coefficient (Wildman–Crippen LogP) is 2.02. The lowest BCUT2D eigenvalue weighted by Gasteiger charge is -2.34. The standard InChI is InChI=1S/C23H29N5O3S/c29-22(28-15-13-27(14-16-28)18-19-7-6-11-24-17-19)10-2-1-5-12-25-23-20-8-3-4-9-21(20)32(30,31)26-23/h3-4,6-9,11,17H,1-2,5,10,12-16,18H2,(H,25,26). The molecular formula is C23H29N5O3S. The Balaban J connectivity index is 1.13. The summed E-state index contributed by atoms with van der Waals surface area (Å²) in [7, 11) is -3.49. The number of nitrogens with zero attached hydrogens (tertiary/aromatic N) is 4. The predicted molar refractivity (Wildman–Crippen MR) is 123 cm³/mol. The molecule has 1 aromatic heterocycles. The molecule has 4 rings (SSSR count). The molecule has 2 aliphatic heterocycles. The van der Waals surface area contributed by atoms with Crippen LogP contribution in [0.25, 0.3) is 0 Å². The van der Waals surface area contributed by atoms with E-state index in [1.807, 2.05) is 17.2 Å². The number of carbonyl (C=O) groups excluding carboxylic acids is 1. The van der Waals surface area contributed by atoms with Gasteiger partial charge < -0.3 is 4.90 Å². The summed E-state index contributed by atoms with van der Waals surface area (Å²) in [6, 6.07) is 10.9. The monoisotopic (exact) mass is 455 g/mol. The number of rotatable bonds is 8. The fourth-order valence-electron chi connectivity index (χ4n) is 4.07. The van der Waals surface area contributed by atoms with E-state index in [-0.39, 0.29) is 10.8 Å². The number of aliphatic imine (C=N–C) groups is 1. The second kappa shape index (κ2) is 10.2. The van der Waals surface area contributed by atoms with E-state index in [0.717, 1.165) is 52.0 Å². The van der Waals surface area contributed by atoms with Crippen LogP contribution in [0.4, 0.5) is 0 Å². The highest BCUT2D eigenvalue weighted by Gasteiger charge is 2.29. The lowest BCUT2D eigenvalue weighted by molar-refractivity contribution is -0.133. The summed E-state index contributed by atoms with van der Waals surface area (Å²) in [5, 5.41) is 0. The molecule has 1 fully saturated rings. The number of benzene rings is 1. The number of hydrogen-bond acceptors (Lipinski definition) is 6. The van der Waals surface area contributed by atoms with Crippen LogP contribution >= 0.6 is 0 Å². The maximum absolute atomic E-state index is 12.5. The number of piperazine rings is 1. The van der Waals surface area contributed by atoms with Crippen LogP contribution in [-0.4, -0.2) is 67.7 Å². The Hall–Kier alpha value is -2.78. The molecule has 0 aliphatic carbocycles. The van der Waals surface area contributed by atoms with Gasteiger partial charge in [-0.2, -0.15) is 0 Å². The van der Waals surface area contributed by atoms with Crippen molar-refractivity contribution in [3.8, 4) is 0 Å². The first-order chi connectivity index (χ1) is 15.5. The van der Waals surface area contributed by atoms with Crippen molar-refractivity contribution < 1.29 is 13.2 Å². The van der Waals surface area contributed by atoms with Gasteiger partial charge >= 0.3 is 0 Å². The number of fused-ring (bicyclic) bond motifs is 1. The Morgan fingerprint density at radius 1 is 1.03 bits per heavy atom. The normalized spacial score (nSPS) is 19.0. The maximum atomic E-state index is 12.5. The summed E-state index contributed by atoms with van der Waals surface area (Å²) in [6.45, 7) is 4.72. The van der Waals surface area contributed by atoms with Gasteiger partial charge in [0.15, 0.2) is 0 Å². The Labute approximate surface area is 189 Å². The number of aromatic nitrogens is 1. The molecule has 2 aromatic rings. The Morgan fingerprint density at radius 3 is 2.62 bits per heavy atom. The van der Waals surface area contributed by atoms with Crippen LogP contribution < -0.4 is 4.72 Å². The fourth-order valence-corrected chi connectivity index (χ4v) is 5.32. The van der Waals surface area contributed by atoms with E-state index in [1.54, 1.807) is 30.5 Å². The molecule has 0 bridgehead atoms. The van der Waals surface area contributed by atoms with E-state index in [2.05, 4.69) is 25.7 Å². The highest BCUT2D eigenvalue weighted by Crippen LogP contribution is 2.22. The molecule has 1 aromatic carbocycles. The maximum Gasteiger partial charge on any atom is 0.263 e. The third-order valence-corrected chi connectivity index (χ3v) is 7.23. The lowest BCUT2D eigenvalue weighted by Crippen LogP contribution is -2.48. The zero-order valence-electron chi connectivity index (χ0n) is 18.1. The van der Waals surface area contributed by atoms with Gasteiger partial charge in [-0.25, -0.2) is 8.42 Å². The number of amidine groups is 1. The van der Waals surface area contributed by atoms with Gasteiger partial charge in [-0.15, -0.1) is 0 Å². The van der Waals surface area contributed by atoms with Crippen LogP contribution in [-0.2, 0) is 21.4 Å². The van der Waals surface area contributed by atoms with E-state index >= 15 is 0 Å². The average molecular weight is 456 g/mol. The molecule has 2 aliphatic rings. The quantitative estimate of drug-likeness (QED) is 0.615. The largest absolute Gasteiger partial charge is 0.340 e. The van der Waals surface area contributed by atoms with Gasteiger partial charge in [0, 0.05) is 63.6 Å². The van der Waals surface area contributed by atoms with Gasteiger partial charge in [-0.1, -0.05) is 24.6 Å². The van der Waals surface area contributed by atoms with Crippen LogP contribution in [0, 0.1) is 0 Å². The molecule has 1 N–H and O–H groups in total. The first-order valence-corrected chi connectivity index (χ1v) is 12.6. The Kier molecular flexibility index (Phi) is 7.16. The highest BCUT2D eigenvalue weighted by molar-refractivity contribution is 7.90. The Bertz CT molecular complexity index is 1060. The van der Waals surface area contributed by atoms with Crippen LogP contribution in [0.5, 0.6) is 0 Å². The van der Waals surface area contributed by atoms with Gasteiger partial charge in [0.05, 0.1) is 4.90 Å². The van der Waals surface area contributed by atoms with Gasteiger partial charge in [-0.05, 0) is 36.6 Å². The molecule has 8 nitrogen and oxygen atoms in total. The molecule has 0 saturated carbocycles. The number of sulfonamides is 1. The summed E-state index contributed by atoms with van der Waals surface area (Å²) in [4.78, 5) is 25.7. The minimum absolute atomic E-state index is 0.217. The van der Waals surface area contributed by atoms with Crippen LogP contribution in [0.1, 0.15) is 36.8 Å². The molecule has 0 atom stereocenters. The molecular weight excluding hydrogens is 426 g/mol. The number of hydrogen-bond donors (Lipinski definition) is 1. The SMILES string of the molecule is O=C(CCCCCN=C1NS(=O)(=O)c2ccccc21)N1CCN(Cc2cccnc2)CC1. The van der Waals surface area contributed by atoms with Crippen molar-refractivity contribution in [2.45, 2.75) is 37.1 Å². The molecule has 0 unspecified atom stereocenters. The summed E-state index contributed by atoms with van der Waals surface area (Å²) < 4.78 is 26.7. The van der Waals surface area contributed by atoms with Crippen LogP contribution in [0.3, 0.4) is 0 Å².